The van der Waals surface area contributed by atoms with Crippen molar-refractivity contribution in [3.05, 3.63) is 28.1 Å². The molecule has 1 aliphatic heterocycles. The highest BCUT2D eigenvalue weighted by Gasteiger charge is 2.31. The summed E-state index contributed by atoms with van der Waals surface area (Å²) >= 11 is 0. The van der Waals surface area contributed by atoms with Crippen molar-refractivity contribution in [2.75, 3.05) is 18.8 Å². The number of nitrogens with zero attached hydrogens (tertiary/aromatic N) is 2. The molecule has 1 aliphatic rings. The van der Waals surface area contributed by atoms with Crippen LogP contribution in [0.25, 0.3) is 0 Å². The second-order valence-corrected chi connectivity index (χ2v) is 6.80. The van der Waals surface area contributed by atoms with Gasteiger partial charge in [0.25, 0.3) is 5.69 Å². The normalized spacial score (nSPS) is 17.4. The molecule has 0 unspecified atom stereocenters. The highest BCUT2D eigenvalue weighted by Crippen LogP contribution is 2.30. The van der Waals surface area contributed by atoms with Crippen LogP contribution in [0.4, 0.5) is 15.8 Å². The van der Waals surface area contributed by atoms with Crippen LogP contribution in [0.5, 0.6) is 0 Å². The van der Waals surface area contributed by atoms with Gasteiger partial charge in [0.2, 0.25) is 10.0 Å². The number of benzene rings is 1. The van der Waals surface area contributed by atoms with Crippen LogP contribution in [0.1, 0.15) is 25.7 Å². The van der Waals surface area contributed by atoms with Crippen LogP contribution < -0.4 is 5.73 Å². The van der Waals surface area contributed by atoms with Crippen molar-refractivity contribution >= 4 is 21.4 Å². The smallest absolute Gasteiger partial charge is 0.274 e. The molecule has 0 aliphatic carbocycles. The average molecular weight is 317 g/mol. The predicted octanol–water partition coefficient (Wildman–Crippen LogP) is 1.88. The van der Waals surface area contributed by atoms with Gasteiger partial charge in [-0.15, -0.1) is 0 Å². The number of nitrogen functional groups attached to an aromatic ring is 1. The van der Waals surface area contributed by atoms with Crippen molar-refractivity contribution in [3.63, 3.8) is 0 Å². The van der Waals surface area contributed by atoms with Crippen molar-refractivity contribution in [1.29, 1.82) is 0 Å². The van der Waals surface area contributed by atoms with Gasteiger partial charge in [-0.2, -0.15) is 4.31 Å². The van der Waals surface area contributed by atoms with Crippen LogP contribution in [0.2, 0.25) is 0 Å². The van der Waals surface area contributed by atoms with E-state index in [0.29, 0.717) is 32.0 Å². The Morgan fingerprint density at radius 2 is 1.76 bits per heavy atom. The maximum absolute atomic E-state index is 14.0. The van der Waals surface area contributed by atoms with E-state index in [0.717, 1.165) is 18.9 Å². The molecule has 1 aromatic carbocycles. The fraction of sp³-hybridized carbons (Fsp3) is 0.500. The molecule has 2 N–H and O–H groups in total. The largest absolute Gasteiger partial charge is 0.397 e. The standard InChI is InChI=1S/C12H16FN3O4S/c13-10-7-9(16(17)18)8-11(14)12(10)21(19,20)15-5-3-1-2-4-6-15/h7-8H,1-6,14H2. The van der Waals surface area contributed by atoms with E-state index >= 15 is 0 Å². The summed E-state index contributed by atoms with van der Waals surface area (Å²) in [7, 11) is -4.08. The van der Waals surface area contributed by atoms with Gasteiger partial charge in [0.05, 0.1) is 16.7 Å². The van der Waals surface area contributed by atoms with Gasteiger partial charge in [0.15, 0.2) is 5.82 Å². The van der Waals surface area contributed by atoms with E-state index in [9.17, 15) is 22.9 Å². The molecule has 0 saturated carbocycles. The fourth-order valence-corrected chi connectivity index (χ4v) is 4.05. The number of nitro groups is 1. The predicted molar refractivity (Wildman–Crippen MR) is 74.7 cm³/mol. The Hall–Kier alpha value is -1.74. The van der Waals surface area contributed by atoms with Gasteiger partial charge in [0, 0.05) is 19.2 Å². The third-order valence-electron chi connectivity index (χ3n) is 3.43. The lowest BCUT2D eigenvalue weighted by Crippen LogP contribution is -2.33. The van der Waals surface area contributed by atoms with Crippen LogP contribution >= 0.6 is 0 Å². The van der Waals surface area contributed by atoms with Gasteiger partial charge in [-0.05, 0) is 12.8 Å². The lowest BCUT2D eigenvalue weighted by Gasteiger charge is -2.21. The van der Waals surface area contributed by atoms with Crippen molar-refractivity contribution in [2.45, 2.75) is 30.6 Å². The number of nitrogens with two attached hydrogens (primary N) is 1. The molecule has 21 heavy (non-hydrogen) atoms. The van der Waals surface area contributed by atoms with Gasteiger partial charge >= 0.3 is 0 Å². The van der Waals surface area contributed by atoms with E-state index in [4.69, 9.17) is 5.73 Å². The third kappa shape index (κ3) is 3.13. The Bertz CT molecular complexity index is 631. The molecule has 0 amide bonds. The average Bonchev–Trinajstić information content (AvgIpc) is 2.66. The Morgan fingerprint density at radius 3 is 2.24 bits per heavy atom. The number of hydrogen-bond acceptors (Lipinski definition) is 5. The second-order valence-electron chi connectivity index (χ2n) is 4.92. The summed E-state index contributed by atoms with van der Waals surface area (Å²) in [4.78, 5) is 9.15. The summed E-state index contributed by atoms with van der Waals surface area (Å²) in [6.45, 7) is 0.608. The summed E-state index contributed by atoms with van der Waals surface area (Å²) in [5, 5.41) is 10.6. The summed E-state index contributed by atoms with van der Waals surface area (Å²) in [6, 6.07) is 1.45. The number of halogens is 1. The number of anilines is 1. The van der Waals surface area contributed by atoms with Crippen LogP contribution in [-0.2, 0) is 10.0 Å². The molecule has 2 rings (SSSR count). The molecule has 0 radical (unpaired) electrons. The van der Waals surface area contributed by atoms with E-state index in [1.165, 1.54) is 4.31 Å². The van der Waals surface area contributed by atoms with Crippen molar-refractivity contribution in [2.24, 2.45) is 0 Å². The van der Waals surface area contributed by atoms with Crippen LogP contribution in [0.15, 0.2) is 17.0 Å². The zero-order chi connectivity index (χ0) is 15.6. The molecule has 1 fully saturated rings. The first-order valence-corrected chi connectivity index (χ1v) is 8.01. The lowest BCUT2D eigenvalue weighted by molar-refractivity contribution is -0.385. The molecule has 9 heteroatoms. The highest BCUT2D eigenvalue weighted by molar-refractivity contribution is 7.89. The Balaban J connectivity index is 2.46. The molecule has 1 aromatic rings. The summed E-state index contributed by atoms with van der Waals surface area (Å²) in [6.07, 6.45) is 3.25. The molecule has 0 aromatic heterocycles. The maximum atomic E-state index is 14.0. The number of sulfonamides is 1. The molecule has 7 nitrogen and oxygen atoms in total. The van der Waals surface area contributed by atoms with E-state index < -0.39 is 37.0 Å². The molecule has 0 bridgehead atoms. The molecule has 116 valence electrons. The third-order valence-corrected chi connectivity index (χ3v) is 5.42. The topological polar surface area (TPSA) is 107 Å². The summed E-state index contributed by atoms with van der Waals surface area (Å²) in [5.74, 6) is -1.19. The van der Waals surface area contributed by atoms with Crippen LogP contribution in [-0.4, -0.2) is 30.7 Å². The number of rotatable bonds is 3. The van der Waals surface area contributed by atoms with E-state index in [2.05, 4.69) is 0 Å². The monoisotopic (exact) mass is 317 g/mol. The molecular weight excluding hydrogens is 301 g/mol. The van der Waals surface area contributed by atoms with Crippen LogP contribution in [0.3, 0.4) is 0 Å². The SMILES string of the molecule is Nc1cc([N+](=O)[O-])cc(F)c1S(=O)(=O)N1CCCCCC1. The first-order valence-electron chi connectivity index (χ1n) is 6.57. The van der Waals surface area contributed by atoms with E-state index in [1.807, 2.05) is 0 Å². The Kier molecular flexibility index (Phi) is 4.43. The van der Waals surface area contributed by atoms with Crippen molar-refractivity contribution in [1.82, 2.24) is 4.31 Å². The van der Waals surface area contributed by atoms with Gasteiger partial charge < -0.3 is 5.73 Å². The number of non-ortho nitro benzene ring substituents is 1. The van der Waals surface area contributed by atoms with Gasteiger partial charge in [-0.3, -0.25) is 10.1 Å². The van der Waals surface area contributed by atoms with E-state index in [-0.39, 0.29) is 0 Å². The molecule has 0 spiro atoms. The first-order chi connectivity index (χ1) is 9.84. The van der Waals surface area contributed by atoms with Gasteiger partial charge in [0.1, 0.15) is 4.90 Å². The minimum absolute atomic E-state index is 0.304. The fourth-order valence-electron chi connectivity index (χ4n) is 2.39. The summed E-state index contributed by atoms with van der Waals surface area (Å²) in [5.41, 5.74) is 4.53. The molecule has 1 heterocycles. The minimum Gasteiger partial charge on any atom is -0.397 e. The highest BCUT2D eigenvalue weighted by atomic mass is 32.2. The van der Waals surface area contributed by atoms with E-state index in [1.54, 1.807) is 0 Å². The number of hydrogen-bond donors (Lipinski definition) is 1. The molecule has 1 saturated heterocycles. The quantitative estimate of drug-likeness (QED) is 0.520. The lowest BCUT2D eigenvalue weighted by atomic mass is 10.2. The second kappa shape index (κ2) is 5.94. The first kappa shape index (κ1) is 15.6. The maximum Gasteiger partial charge on any atom is 0.274 e. The summed E-state index contributed by atoms with van der Waals surface area (Å²) < 4.78 is 40.2. The Morgan fingerprint density at radius 1 is 1.19 bits per heavy atom. The zero-order valence-electron chi connectivity index (χ0n) is 11.3. The number of nitro benzene ring substituents is 1. The van der Waals surface area contributed by atoms with Crippen molar-refractivity contribution in [3.8, 4) is 0 Å². The Labute approximate surface area is 121 Å². The molecular formula is C12H16FN3O4S. The molecule has 0 atom stereocenters. The van der Waals surface area contributed by atoms with Crippen molar-refractivity contribution < 1.29 is 17.7 Å². The zero-order valence-corrected chi connectivity index (χ0v) is 12.1. The van der Waals surface area contributed by atoms with Gasteiger partial charge in [-0.25, -0.2) is 12.8 Å². The van der Waals surface area contributed by atoms with Crippen LogP contribution in [0, 0.1) is 15.9 Å². The van der Waals surface area contributed by atoms with Gasteiger partial charge in [-0.1, -0.05) is 12.8 Å². The minimum atomic E-state index is -4.08.